The minimum absolute atomic E-state index is 0. The fourth-order valence-corrected chi connectivity index (χ4v) is 2.91. The molecule has 0 unspecified atom stereocenters. The Labute approximate surface area is 154 Å². The van der Waals surface area contributed by atoms with E-state index in [0.717, 1.165) is 26.1 Å². The van der Waals surface area contributed by atoms with Gasteiger partial charge in [0.25, 0.3) is 0 Å². The quantitative estimate of drug-likeness (QED) is 0.214. The van der Waals surface area contributed by atoms with Crippen molar-refractivity contribution in [3.05, 3.63) is 0 Å². The molecule has 1 saturated carbocycles. The molecular weight excluding hydrogens is 389 g/mol. The summed E-state index contributed by atoms with van der Waals surface area (Å²) in [5, 5.41) is 3.25. The molecule has 0 bridgehead atoms. The molecule has 132 valence electrons. The number of nitrogens with zero attached hydrogens (tertiary/aromatic N) is 1. The third-order valence-electron chi connectivity index (χ3n) is 4.67. The highest BCUT2D eigenvalue weighted by Crippen LogP contribution is 2.44. The van der Waals surface area contributed by atoms with Gasteiger partial charge in [0.2, 0.25) is 0 Å². The summed E-state index contributed by atoms with van der Waals surface area (Å²) in [6, 6.07) is 0. The summed E-state index contributed by atoms with van der Waals surface area (Å²) in [5.41, 5.74) is 6.32. The summed E-state index contributed by atoms with van der Waals surface area (Å²) in [7, 11) is 1.77. The third-order valence-corrected chi connectivity index (χ3v) is 4.67. The van der Waals surface area contributed by atoms with E-state index in [0.29, 0.717) is 11.4 Å². The van der Waals surface area contributed by atoms with Crippen molar-refractivity contribution in [2.45, 2.75) is 71.1 Å². The van der Waals surface area contributed by atoms with Crippen LogP contribution in [0.5, 0.6) is 0 Å². The highest BCUT2D eigenvalue weighted by atomic mass is 127. The minimum Gasteiger partial charge on any atom is -0.385 e. The summed E-state index contributed by atoms with van der Waals surface area (Å²) in [6.45, 7) is 4.89. The highest BCUT2D eigenvalue weighted by molar-refractivity contribution is 14.0. The molecule has 0 saturated heterocycles. The summed E-state index contributed by atoms with van der Waals surface area (Å²) in [5.74, 6) is 0.618. The molecule has 0 spiro atoms. The van der Waals surface area contributed by atoms with Crippen molar-refractivity contribution >= 4 is 29.9 Å². The van der Waals surface area contributed by atoms with E-state index < -0.39 is 0 Å². The maximum Gasteiger partial charge on any atom is 0.188 e. The fourth-order valence-electron chi connectivity index (χ4n) is 2.91. The lowest BCUT2D eigenvalue weighted by Gasteiger charge is -2.40. The Kier molecular flexibility index (Phi) is 13.4. The van der Waals surface area contributed by atoms with Gasteiger partial charge in [0.05, 0.1) is 0 Å². The number of nitrogens with two attached hydrogens (primary N) is 1. The molecule has 3 N–H and O–H groups in total. The number of nitrogens with one attached hydrogen (secondary N) is 1. The number of aliphatic imine (C=N–C) groups is 1. The lowest BCUT2D eigenvalue weighted by atomic mass is 9.67. The van der Waals surface area contributed by atoms with Gasteiger partial charge < -0.3 is 15.8 Å². The molecule has 1 aliphatic carbocycles. The van der Waals surface area contributed by atoms with Crippen LogP contribution in [0.3, 0.4) is 0 Å². The SMILES string of the molecule is CCCCCCCCNC(N)=NCC1(CCOC)CCC1.I. The van der Waals surface area contributed by atoms with Crippen LogP contribution in [0.4, 0.5) is 0 Å². The average molecular weight is 425 g/mol. The minimum atomic E-state index is 0. The molecule has 0 aromatic rings. The van der Waals surface area contributed by atoms with Gasteiger partial charge in [-0.05, 0) is 31.1 Å². The zero-order valence-corrected chi connectivity index (χ0v) is 16.9. The molecule has 0 aliphatic heterocycles. The zero-order valence-electron chi connectivity index (χ0n) is 14.5. The molecule has 1 rings (SSSR count). The van der Waals surface area contributed by atoms with Crippen molar-refractivity contribution in [2.75, 3.05) is 26.8 Å². The predicted octanol–water partition coefficient (Wildman–Crippen LogP) is 4.08. The second-order valence-electron chi connectivity index (χ2n) is 6.49. The number of ether oxygens (including phenoxy) is 1. The van der Waals surface area contributed by atoms with E-state index in [-0.39, 0.29) is 24.0 Å². The zero-order chi connectivity index (χ0) is 15.4. The van der Waals surface area contributed by atoms with Crippen LogP contribution in [0.25, 0.3) is 0 Å². The van der Waals surface area contributed by atoms with Gasteiger partial charge in [-0.1, -0.05) is 45.4 Å². The maximum atomic E-state index is 5.96. The standard InChI is InChI=1S/C17H35N3O.HI/c1-3-4-5-6-7-8-13-19-16(18)20-15-17(10-9-11-17)12-14-21-2;/h3-15H2,1-2H3,(H3,18,19,20);1H. The number of rotatable bonds is 12. The Balaban J connectivity index is 0.00000441. The van der Waals surface area contributed by atoms with Crippen LogP contribution in [0, 0.1) is 5.41 Å². The van der Waals surface area contributed by atoms with Gasteiger partial charge in [-0.3, -0.25) is 4.99 Å². The van der Waals surface area contributed by atoms with E-state index in [1.807, 2.05) is 0 Å². The van der Waals surface area contributed by atoms with E-state index >= 15 is 0 Å². The number of hydrogen-bond donors (Lipinski definition) is 2. The normalized spacial score (nSPS) is 16.7. The fraction of sp³-hybridized carbons (Fsp3) is 0.941. The smallest absolute Gasteiger partial charge is 0.188 e. The molecular formula is C17H36IN3O. The maximum absolute atomic E-state index is 5.96. The van der Waals surface area contributed by atoms with Crippen LogP contribution in [0.2, 0.25) is 0 Å². The van der Waals surface area contributed by atoms with Crippen molar-refractivity contribution in [3.8, 4) is 0 Å². The first kappa shape index (κ1) is 22.0. The van der Waals surface area contributed by atoms with Gasteiger partial charge in [-0.25, -0.2) is 0 Å². The van der Waals surface area contributed by atoms with Crippen LogP contribution < -0.4 is 11.1 Å². The molecule has 22 heavy (non-hydrogen) atoms. The lowest BCUT2D eigenvalue weighted by Crippen LogP contribution is -2.37. The molecule has 0 aromatic carbocycles. The largest absolute Gasteiger partial charge is 0.385 e. The molecule has 5 heteroatoms. The predicted molar refractivity (Wildman–Crippen MR) is 106 cm³/mol. The van der Waals surface area contributed by atoms with Gasteiger partial charge in [-0.2, -0.15) is 0 Å². The second-order valence-corrected chi connectivity index (χ2v) is 6.49. The number of hydrogen-bond acceptors (Lipinski definition) is 2. The molecule has 1 aliphatic rings. The van der Waals surface area contributed by atoms with Crippen LogP contribution >= 0.6 is 24.0 Å². The summed E-state index contributed by atoms with van der Waals surface area (Å²) >= 11 is 0. The topological polar surface area (TPSA) is 59.6 Å². The Hall–Kier alpha value is -0.0400. The van der Waals surface area contributed by atoms with Crippen molar-refractivity contribution in [1.29, 1.82) is 0 Å². The first-order valence-electron chi connectivity index (χ1n) is 8.75. The molecule has 4 nitrogen and oxygen atoms in total. The van der Waals surface area contributed by atoms with E-state index in [2.05, 4.69) is 17.2 Å². The molecule has 0 aromatic heterocycles. The number of guanidine groups is 1. The molecule has 0 amide bonds. The van der Waals surface area contributed by atoms with E-state index in [9.17, 15) is 0 Å². The summed E-state index contributed by atoms with van der Waals surface area (Å²) in [4.78, 5) is 4.55. The Morgan fingerprint density at radius 1 is 1.18 bits per heavy atom. The van der Waals surface area contributed by atoms with Crippen LogP contribution in [0.1, 0.15) is 71.1 Å². The molecule has 1 fully saturated rings. The Morgan fingerprint density at radius 2 is 1.86 bits per heavy atom. The van der Waals surface area contributed by atoms with E-state index in [1.165, 1.54) is 57.8 Å². The van der Waals surface area contributed by atoms with E-state index in [4.69, 9.17) is 10.5 Å². The summed E-state index contributed by atoms with van der Waals surface area (Å²) in [6.07, 6.45) is 12.8. The first-order valence-corrected chi connectivity index (χ1v) is 8.75. The second kappa shape index (κ2) is 13.4. The van der Waals surface area contributed by atoms with Gasteiger partial charge in [0.1, 0.15) is 0 Å². The van der Waals surface area contributed by atoms with Crippen molar-refractivity contribution in [1.82, 2.24) is 5.32 Å². The van der Waals surface area contributed by atoms with Crippen molar-refractivity contribution in [2.24, 2.45) is 16.1 Å². The van der Waals surface area contributed by atoms with Gasteiger partial charge in [-0.15, -0.1) is 24.0 Å². The monoisotopic (exact) mass is 425 g/mol. The van der Waals surface area contributed by atoms with E-state index in [1.54, 1.807) is 7.11 Å². The van der Waals surface area contributed by atoms with Crippen molar-refractivity contribution in [3.63, 3.8) is 0 Å². The summed E-state index contributed by atoms with van der Waals surface area (Å²) < 4.78 is 5.20. The third kappa shape index (κ3) is 9.18. The number of halogens is 1. The number of methoxy groups -OCH3 is 1. The Bertz CT molecular complexity index is 294. The average Bonchev–Trinajstić information content (AvgIpc) is 2.45. The highest BCUT2D eigenvalue weighted by Gasteiger charge is 2.36. The first-order chi connectivity index (χ1) is 10.2. The Morgan fingerprint density at radius 3 is 2.45 bits per heavy atom. The van der Waals surface area contributed by atoms with Crippen LogP contribution in [-0.2, 0) is 4.74 Å². The number of unbranched alkanes of at least 4 members (excludes halogenated alkanes) is 5. The van der Waals surface area contributed by atoms with Crippen molar-refractivity contribution < 1.29 is 4.74 Å². The molecule has 0 atom stereocenters. The van der Waals surface area contributed by atoms with Gasteiger partial charge in [0.15, 0.2) is 5.96 Å². The lowest BCUT2D eigenvalue weighted by molar-refractivity contribution is 0.0779. The van der Waals surface area contributed by atoms with Gasteiger partial charge >= 0.3 is 0 Å². The van der Waals surface area contributed by atoms with Crippen LogP contribution in [0.15, 0.2) is 4.99 Å². The van der Waals surface area contributed by atoms with Crippen LogP contribution in [-0.4, -0.2) is 32.8 Å². The molecule has 0 radical (unpaired) electrons. The van der Waals surface area contributed by atoms with Gasteiger partial charge in [0, 0.05) is 26.8 Å². The molecule has 0 heterocycles.